The van der Waals surface area contributed by atoms with Crippen molar-refractivity contribution in [3.8, 4) is 17.2 Å². The highest BCUT2D eigenvalue weighted by atomic mass is 16.7. The summed E-state index contributed by atoms with van der Waals surface area (Å²) < 4.78 is 10.4. The second-order valence-electron chi connectivity index (χ2n) is 3.95. The molecule has 3 rings (SSSR count). The summed E-state index contributed by atoms with van der Waals surface area (Å²) in [5.74, 6) is 1.12. The Hall–Kier alpha value is -2.49. The zero-order valence-electron chi connectivity index (χ0n) is 9.42. The van der Waals surface area contributed by atoms with E-state index in [1.165, 1.54) is 12.1 Å². The predicted octanol–water partition coefficient (Wildman–Crippen LogP) is 2.35. The van der Waals surface area contributed by atoms with Crippen LogP contribution in [0.5, 0.6) is 17.2 Å². The van der Waals surface area contributed by atoms with Crippen LogP contribution in [0.25, 0.3) is 0 Å². The Labute approximate surface area is 103 Å². The summed E-state index contributed by atoms with van der Waals surface area (Å²) in [5.41, 5.74) is 0.943. The second-order valence-corrected chi connectivity index (χ2v) is 3.95. The van der Waals surface area contributed by atoms with Crippen molar-refractivity contribution in [1.29, 1.82) is 0 Å². The van der Waals surface area contributed by atoms with Gasteiger partial charge in [0.05, 0.1) is 0 Å². The number of carbonyl (C=O) groups excluding carboxylic acids is 1. The van der Waals surface area contributed by atoms with Crippen LogP contribution >= 0.6 is 0 Å². The van der Waals surface area contributed by atoms with E-state index in [9.17, 15) is 9.90 Å². The smallest absolute Gasteiger partial charge is 0.231 e. The standard InChI is InChI=1S/C14H10O4/c15-11-3-1-2-9(6-11)14(16)10-4-5-12-13(7-10)18-8-17-12/h1-7,15H,8H2. The molecule has 90 valence electrons. The van der Waals surface area contributed by atoms with Gasteiger partial charge in [-0.2, -0.15) is 0 Å². The Morgan fingerprint density at radius 3 is 2.61 bits per heavy atom. The van der Waals surface area contributed by atoms with Crippen LogP contribution in [-0.2, 0) is 0 Å². The van der Waals surface area contributed by atoms with Crippen molar-refractivity contribution in [1.82, 2.24) is 0 Å². The minimum atomic E-state index is -0.163. The number of phenols is 1. The van der Waals surface area contributed by atoms with Crippen LogP contribution < -0.4 is 9.47 Å². The molecule has 0 aromatic heterocycles. The van der Waals surface area contributed by atoms with Crippen molar-refractivity contribution in [2.75, 3.05) is 6.79 Å². The van der Waals surface area contributed by atoms with E-state index in [0.29, 0.717) is 22.6 Å². The van der Waals surface area contributed by atoms with Gasteiger partial charge in [-0.1, -0.05) is 12.1 Å². The third kappa shape index (κ3) is 1.78. The van der Waals surface area contributed by atoms with E-state index in [1.54, 1.807) is 30.3 Å². The SMILES string of the molecule is O=C(c1cccc(O)c1)c1ccc2c(c1)OCO2. The maximum atomic E-state index is 12.2. The zero-order valence-corrected chi connectivity index (χ0v) is 9.42. The lowest BCUT2D eigenvalue weighted by Gasteiger charge is -2.03. The molecule has 4 heteroatoms. The van der Waals surface area contributed by atoms with E-state index < -0.39 is 0 Å². The zero-order chi connectivity index (χ0) is 12.5. The maximum Gasteiger partial charge on any atom is 0.231 e. The van der Waals surface area contributed by atoms with Gasteiger partial charge in [0.1, 0.15) is 5.75 Å². The number of rotatable bonds is 2. The number of phenolic OH excluding ortho intramolecular Hbond substituents is 1. The molecule has 18 heavy (non-hydrogen) atoms. The van der Waals surface area contributed by atoms with E-state index in [2.05, 4.69) is 0 Å². The highest BCUT2D eigenvalue weighted by molar-refractivity contribution is 6.09. The van der Waals surface area contributed by atoms with Crippen molar-refractivity contribution in [2.24, 2.45) is 0 Å². The van der Waals surface area contributed by atoms with Gasteiger partial charge in [-0.15, -0.1) is 0 Å². The normalized spacial score (nSPS) is 12.4. The molecule has 1 aliphatic heterocycles. The number of benzene rings is 2. The van der Waals surface area contributed by atoms with Crippen LogP contribution in [0.15, 0.2) is 42.5 Å². The monoisotopic (exact) mass is 242 g/mol. The number of hydrogen-bond donors (Lipinski definition) is 1. The van der Waals surface area contributed by atoms with Gasteiger partial charge in [0.15, 0.2) is 17.3 Å². The molecule has 0 fully saturated rings. The van der Waals surface area contributed by atoms with Crippen LogP contribution in [-0.4, -0.2) is 17.7 Å². The molecule has 0 saturated heterocycles. The highest BCUT2D eigenvalue weighted by Gasteiger charge is 2.17. The summed E-state index contributed by atoms with van der Waals surface area (Å²) >= 11 is 0. The molecule has 1 heterocycles. The van der Waals surface area contributed by atoms with Crippen LogP contribution in [0.1, 0.15) is 15.9 Å². The van der Waals surface area contributed by atoms with Gasteiger partial charge >= 0.3 is 0 Å². The van der Waals surface area contributed by atoms with Crippen molar-refractivity contribution >= 4 is 5.78 Å². The van der Waals surface area contributed by atoms with Crippen molar-refractivity contribution in [3.05, 3.63) is 53.6 Å². The fourth-order valence-electron chi connectivity index (χ4n) is 1.85. The van der Waals surface area contributed by atoms with E-state index >= 15 is 0 Å². The first kappa shape index (κ1) is 10.7. The molecule has 0 unspecified atom stereocenters. The Balaban J connectivity index is 1.98. The molecule has 0 spiro atoms. The van der Waals surface area contributed by atoms with Crippen molar-refractivity contribution in [3.63, 3.8) is 0 Å². The Kier molecular flexibility index (Phi) is 2.41. The van der Waals surface area contributed by atoms with Gasteiger partial charge in [-0.25, -0.2) is 0 Å². The minimum Gasteiger partial charge on any atom is -0.508 e. The third-order valence-electron chi connectivity index (χ3n) is 2.74. The molecule has 0 radical (unpaired) electrons. The molecule has 0 aliphatic carbocycles. The summed E-state index contributed by atoms with van der Waals surface area (Å²) in [7, 11) is 0. The average Bonchev–Trinajstić information content (AvgIpc) is 2.85. The van der Waals surface area contributed by atoms with E-state index in [0.717, 1.165) is 0 Å². The number of ether oxygens (including phenoxy) is 2. The molecule has 4 nitrogen and oxygen atoms in total. The van der Waals surface area contributed by atoms with Gasteiger partial charge in [0.2, 0.25) is 6.79 Å². The lowest BCUT2D eigenvalue weighted by Crippen LogP contribution is -2.00. The van der Waals surface area contributed by atoms with Crippen molar-refractivity contribution < 1.29 is 19.4 Å². The summed E-state index contributed by atoms with van der Waals surface area (Å²) in [6, 6.07) is 11.3. The molecular weight excluding hydrogens is 232 g/mol. The molecule has 1 aliphatic rings. The number of fused-ring (bicyclic) bond motifs is 1. The van der Waals surface area contributed by atoms with Gasteiger partial charge in [-0.3, -0.25) is 4.79 Å². The fraction of sp³-hybridized carbons (Fsp3) is 0.0714. The quantitative estimate of drug-likeness (QED) is 0.821. The van der Waals surface area contributed by atoms with Gasteiger partial charge < -0.3 is 14.6 Å². The minimum absolute atomic E-state index is 0.0709. The lowest BCUT2D eigenvalue weighted by molar-refractivity contribution is 0.103. The topological polar surface area (TPSA) is 55.8 Å². The van der Waals surface area contributed by atoms with Crippen LogP contribution in [0, 0.1) is 0 Å². The van der Waals surface area contributed by atoms with Crippen LogP contribution in [0.3, 0.4) is 0 Å². The molecule has 0 atom stereocenters. The maximum absolute atomic E-state index is 12.2. The Morgan fingerprint density at radius 1 is 1.00 bits per heavy atom. The number of hydrogen-bond acceptors (Lipinski definition) is 4. The fourth-order valence-corrected chi connectivity index (χ4v) is 1.85. The number of carbonyl (C=O) groups is 1. The molecule has 1 N–H and O–H groups in total. The summed E-state index contributed by atoms with van der Waals surface area (Å²) in [6.45, 7) is 0.180. The van der Waals surface area contributed by atoms with Gasteiger partial charge in [0.25, 0.3) is 0 Å². The number of aromatic hydroxyl groups is 1. The summed E-state index contributed by atoms with van der Waals surface area (Å²) in [6.07, 6.45) is 0. The van der Waals surface area contributed by atoms with Crippen LogP contribution in [0.2, 0.25) is 0 Å². The predicted molar refractivity (Wildman–Crippen MR) is 64.1 cm³/mol. The summed E-state index contributed by atoms with van der Waals surface area (Å²) in [5, 5.41) is 9.37. The molecule has 0 saturated carbocycles. The summed E-state index contributed by atoms with van der Waals surface area (Å²) in [4.78, 5) is 12.2. The Morgan fingerprint density at radius 2 is 1.78 bits per heavy atom. The first-order valence-electron chi connectivity index (χ1n) is 5.47. The van der Waals surface area contributed by atoms with E-state index in [1.807, 2.05) is 0 Å². The molecule has 2 aromatic rings. The van der Waals surface area contributed by atoms with Gasteiger partial charge in [0, 0.05) is 11.1 Å². The first-order chi connectivity index (χ1) is 8.74. The largest absolute Gasteiger partial charge is 0.508 e. The Bertz CT molecular complexity index is 619. The third-order valence-corrected chi connectivity index (χ3v) is 2.74. The van der Waals surface area contributed by atoms with E-state index in [4.69, 9.17) is 9.47 Å². The van der Waals surface area contributed by atoms with E-state index in [-0.39, 0.29) is 18.3 Å². The first-order valence-corrected chi connectivity index (χ1v) is 5.47. The second kappa shape index (κ2) is 4.07. The molecule has 0 bridgehead atoms. The lowest BCUT2D eigenvalue weighted by atomic mass is 10.0. The molecule has 0 amide bonds. The highest BCUT2D eigenvalue weighted by Crippen LogP contribution is 2.33. The van der Waals surface area contributed by atoms with Crippen LogP contribution in [0.4, 0.5) is 0 Å². The van der Waals surface area contributed by atoms with Crippen molar-refractivity contribution in [2.45, 2.75) is 0 Å². The number of ketones is 1. The van der Waals surface area contributed by atoms with Gasteiger partial charge in [-0.05, 0) is 30.3 Å². The molecular formula is C14H10O4. The average molecular weight is 242 g/mol. The molecule has 2 aromatic carbocycles.